The largest absolute Gasteiger partial charge is 0.390 e. The monoisotopic (exact) mass is 414 g/mol. The topological polar surface area (TPSA) is 93.6 Å². The number of hydrogen-bond acceptors (Lipinski definition) is 5. The first-order valence-electron chi connectivity index (χ1n) is 7.60. The second kappa shape index (κ2) is 7.61. The normalized spacial score (nSPS) is 23.1. The summed E-state index contributed by atoms with van der Waals surface area (Å²) in [4.78, 5) is 24.7. The van der Waals surface area contributed by atoms with Gasteiger partial charge in [0.05, 0.1) is 25.5 Å². The highest BCUT2D eigenvalue weighted by Gasteiger charge is 2.35. The van der Waals surface area contributed by atoms with E-state index in [-0.39, 0.29) is 13.0 Å². The molecule has 2 aromatic rings. The predicted octanol–water partition coefficient (Wildman–Crippen LogP) is 1.30. The summed E-state index contributed by atoms with van der Waals surface area (Å²) < 4.78 is 26.4. The summed E-state index contributed by atoms with van der Waals surface area (Å²) in [6, 6.07) is 7.61. The third-order valence-electron chi connectivity index (χ3n) is 3.88. The third kappa shape index (κ3) is 4.24. The van der Waals surface area contributed by atoms with E-state index < -0.39 is 35.5 Å². The fourth-order valence-corrected chi connectivity index (χ4v) is 3.08. The second-order valence-electron chi connectivity index (χ2n) is 5.72. The number of H-pyrrole nitrogens is 1. The van der Waals surface area contributed by atoms with Crippen molar-refractivity contribution in [1.29, 1.82) is 0 Å². The van der Waals surface area contributed by atoms with Gasteiger partial charge in [-0.3, -0.25) is 14.3 Å². The number of rotatable bonds is 5. The number of aromatic nitrogens is 2. The average Bonchev–Trinajstić information content (AvgIpc) is 2.92. The minimum absolute atomic E-state index is 0.0936. The van der Waals surface area contributed by atoms with Crippen LogP contribution in [0.15, 0.2) is 44.5 Å². The molecule has 0 saturated carbocycles. The number of nitrogens with one attached hydrogen (secondary N) is 1. The first-order chi connectivity index (χ1) is 11.9. The van der Waals surface area contributed by atoms with Gasteiger partial charge in [0.1, 0.15) is 12.3 Å². The number of halogens is 2. The van der Waals surface area contributed by atoms with Gasteiger partial charge in [-0.05, 0) is 17.7 Å². The highest BCUT2D eigenvalue weighted by molar-refractivity contribution is 9.10. The maximum absolute atomic E-state index is 13.4. The Labute approximate surface area is 150 Å². The van der Waals surface area contributed by atoms with Gasteiger partial charge >= 0.3 is 5.69 Å². The molecule has 1 saturated heterocycles. The molecule has 2 N–H and O–H groups in total. The van der Waals surface area contributed by atoms with Crippen LogP contribution in [0.3, 0.4) is 0 Å². The maximum atomic E-state index is 13.4. The van der Waals surface area contributed by atoms with Crippen molar-refractivity contribution in [3.8, 4) is 0 Å². The maximum Gasteiger partial charge on any atom is 0.330 e. The van der Waals surface area contributed by atoms with Crippen molar-refractivity contribution in [1.82, 2.24) is 9.55 Å². The number of hydrogen-bond donors (Lipinski definition) is 2. The van der Waals surface area contributed by atoms with Gasteiger partial charge in [0.25, 0.3) is 5.56 Å². The Morgan fingerprint density at radius 1 is 1.44 bits per heavy atom. The van der Waals surface area contributed by atoms with Crippen LogP contribution in [0, 0.1) is 5.82 Å². The molecule has 9 heteroatoms. The number of aliphatic hydroxyl groups is 1. The summed E-state index contributed by atoms with van der Waals surface area (Å²) >= 11 is 3.37. The molecule has 1 aromatic carbocycles. The zero-order valence-corrected chi connectivity index (χ0v) is 14.6. The van der Waals surface area contributed by atoms with Gasteiger partial charge in [-0.2, -0.15) is 4.39 Å². The van der Waals surface area contributed by atoms with Crippen LogP contribution in [-0.4, -0.2) is 33.5 Å². The van der Waals surface area contributed by atoms with Crippen molar-refractivity contribution in [3.63, 3.8) is 0 Å². The number of ether oxygens (including phenoxy) is 2. The van der Waals surface area contributed by atoms with E-state index in [1.807, 2.05) is 29.2 Å². The molecule has 0 bridgehead atoms. The Balaban J connectivity index is 1.61. The molecule has 0 amide bonds. The summed E-state index contributed by atoms with van der Waals surface area (Å²) in [6.45, 7) is 0.453. The van der Waals surface area contributed by atoms with E-state index >= 15 is 0 Å². The Bertz CT molecular complexity index is 868. The van der Waals surface area contributed by atoms with Crippen molar-refractivity contribution in [2.24, 2.45) is 0 Å². The van der Waals surface area contributed by atoms with Crippen LogP contribution in [0.1, 0.15) is 18.2 Å². The molecule has 134 valence electrons. The van der Waals surface area contributed by atoms with E-state index in [2.05, 4.69) is 15.9 Å². The van der Waals surface area contributed by atoms with Crippen LogP contribution in [0.4, 0.5) is 4.39 Å². The number of benzene rings is 1. The molecule has 1 aliphatic rings. The molecule has 3 atom stereocenters. The summed E-state index contributed by atoms with van der Waals surface area (Å²) in [7, 11) is 0. The molecule has 1 aliphatic heterocycles. The van der Waals surface area contributed by atoms with E-state index in [4.69, 9.17) is 9.47 Å². The molecule has 7 nitrogen and oxygen atoms in total. The Morgan fingerprint density at radius 3 is 3.00 bits per heavy atom. The van der Waals surface area contributed by atoms with Gasteiger partial charge in [-0.25, -0.2) is 4.79 Å². The van der Waals surface area contributed by atoms with Crippen molar-refractivity contribution in [3.05, 3.63) is 67.2 Å². The average molecular weight is 415 g/mol. The molecule has 1 aromatic heterocycles. The molecule has 0 unspecified atom stereocenters. The van der Waals surface area contributed by atoms with Gasteiger partial charge < -0.3 is 14.6 Å². The van der Waals surface area contributed by atoms with Crippen molar-refractivity contribution in [2.75, 3.05) is 6.61 Å². The van der Waals surface area contributed by atoms with Gasteiger partial charge in [-0.1, -0.05) is 28.1 Å². The van der Waals surface area contributed by atoms with E-state index in [9.17, 15) is 19.1 Å². The van der Waals surface area contributed by atoms with E-state index in [0.717, 1.165) is 20.8 Å². The summed E-state index contributed by atoms with van der Waals surface area (Å²) in [6.07, 6.45) is -1.51. The Hall–Kier alpha value is -1.81. The lowest BCUT2D eigenvalue weighted by Gasteiger charge is -2.16. The van der Waals surface area contributed by atoms with E-state index in [1.165, 1.54) is 0 Å². The lowest BCUT2D eigenvalue weighted by molar-refractivity contribution is -0.0669. The fraction of sp³-hybridized carbons (Fsp3) is 0.375. The molecule has 3 rings (SSSR count). The van der Waals surface area contributed by atoms with Crippen LogP contribution in [0.2, 0.25) is 0 Å². The highest BCUT2D eigenvalue weighted by atomic mass is 79.9. The molecular formula is C16H16BrFN2O5. The summed E-state index contributed by atoms with van der Waals surface area (Å²) in [5, 5.41) is 10.1. The third-order valence-corrected chi connectivity index (χ3v) is 4.37. The summed E-state index contributed by atoms with van der Waals surface area (Å²) in [5.41, 5.74) is -0.926. The molecule has 2 heterocycles. The van der Waals surface area contributed by atoms with Crippen molar-refractivity contribution < 1.29 is 19.0 Å². The van der Waals surface area contributed by atoms with Crippen LogP contribution < -0.4 is 11.2 Å². The lowest BCUT2D eigenvalue weighted by Crippen LogP contribution is -2.34. The quantitative estimate of drug-likeness (QED) is 0.768. The molecule has 0 radical (unpaired) electrons. The van der Waals surface area contributed by atoms with Crippen LogP contribution in [0.25, 0.3) is 0 Å². The van der Waals surface area contributed by atoms with Crippen LogP contribution in [-0.2, 0) is 16.1 Å². The first kappa shape index (κ1) is 18.0. The van der Waals surface area contributed by atoms with Crippen molar-refractivity contribution >= 4 is 15.9 Å². The molecule has 0 aliphatic carbocycles. The van der Waals surface area contributed by atoms with Gasteiger partial charge in [0, 0.05) is 10.9 Å². The van der Waals surface area contributed by atoms with Crippen molar-refractivity contribution in [2.45, 2.75) is 31.5 Å². The zero-order valence-electron chi connectivity index (χ0n) is 13.0. The minimum Gasteiger partial charge on any atom is -0.390 e. The SMILES string of the molecule is O=c1[nH]c(=O)n([C@H]2C[C@H](O)[C@@H](COCc3cccc(Br)c3)O2)cc1F. The highest BCUT2D eigenvalue weighted by Crippen LogP contribution is 2.28. The predicted molar refractivity (Wildman–Crippen MR) is 89.6 cm³/mol. The van der Waals surface area contributed by atoms with E-state index in [0.29, 0.717) is 6.61 Å². The fourth-order valence-electron chi connectivity index (χ4n) is 2.63. The minimum atomic E-state index is -1.09. The number of nitrogens with zero attached hydrogens (tertiary/aromatic N) is 1. The molecular weight excluding hydrogens is 399 g/mol. The first-order valence-corrected chi connectivity index (χ1v) is 8.40. The van der Waals surface area contributed by atoms with Crippen LogP contribution in [0.5, 0.6) is 0 Å². The molecule has 0 spiro atoms. The summed E-state index contributed by atoms with van der Waals surface area (Å²) in [5.74, 6) is -1.09. The Kier molecular flexibility index (Phi) is 5.48. The number of aliphatic hydroxyl groups excluding tert-OH is 1. The number of aromatic amines is 1. The van der Waals surface area contributed by atoms with Gasteiger partial charge in [-0.15, -0.1) is 0 Å². The van der Waals surface area contributed by atoms with Gasteiger partial charge in [0.2, 0.25) is 5.82 Å². The lowest BCUT2D eigenvalue weighted by atomic mass is 10.2. The Morgan fingerprint density at radius 2 is 2.24 bits per heavy atom. The standard InChI is InChI=1S/C16H16BrFN2O5/c17-10-3-1-2-9(4-10)7-24-8-13-12(21)5-14(25-13)20-6-11(18)15(22)19-16(20)23/h1-4,6,12-14,21H,5,7-8H2,(H,19,22,23)/t12-,13+,14+/m0/s1. The van der Waals surface area contributed by atoms with E-state index in [1.54, 1.807) is 0 Å². The molecule has 25 heavy (non-hydrogen) atoms. The van der Waals surface area contributed by atoms with Crippen LogP contribution >= 0.6 is 15.9 Å². The van der Waals surface area contributed by atoms with Gasteiger partial charge in [0.15, 0.2) is 0 Å². The second-order valence-corrected chi connectivity index (χ2v) is 6.64. The zero-order chi connectivity index (χ0) is 18.0. The molecule has 1 fully saturated rings. The smallest absolute Gasteiger partial charge is 0.330 e.